The first-order valence-electron chi connectivity index (χ1n) is 10.00. The fourth-order valence-corrected chi connectivity index (χ4v) is 3.91. The zero-order valence-electron chi connectivity index (χ0n) is 18.5. The van der Waals surface area contributed by atoms with Crippen molar-refractivity contribution in [1.29, 1.82) is 0 Å². The molecule has 31 heavy (non-hydrogen) atoms. The quantitative estimate of drug-likeness (QED) is 0.489. The van der Waals surface area contributed by atoms with Gasteiger partial charge in [-0.1, -0.05) is 12.1 Å². The maximum Gasteiger partial charge on any atom is 0.333 e. The normalized spacial score (nSPS) is 12.6. The summed E-state index contributed by atoms with van der Waals surface area (Å²) in [6.07, 6.45) is 0. The molecule has 0 fully saturated rings. The summed E-state index contributed by atoms with van der Waals surface area (Å²) in [7, 11) is 3.19. The molecule has 162 valence electrons. The van der Waals surface area contributed by atoms with Gasteiger partial charge in [0.25, 0.3) is 5.56 Å². The van der Waals surface area contributed by atoms with Gasteiger partial charge in [-0.05, 0) is 45.4 Å². The Morgan fingerprint density at radius 1 is 1.13 bits per heavy atom. The lowest BCUT2D eigenvalue weighted by atomic mass is 10.2. The summed E-state index contributed by atoms with van der Waals surface area (Å²) >= 11 is 0. The largest absolute Gasteiger partial charge is 0.497 e. The van der Waals surface area contributed by atoms with Crippen molar-refractivity contribution in [2.75, 3.05) is 7.11 Å². The lowest BCUT2D eigenvalue weighted by molar-refractivity contribution is -0.119. The first kappa shape index (κ1) is 20.6. The highest BCUT2D eigenvalue weighted by Gasteiger charge is 2.25. The molecule has 0 unspecified atom stereocenters. The Kier molecular flexibility index (Phi) is 4.83. The van der Waals surface area contributed by atoms with Crippen molar-refractivity contribution in [2.45, 2.75) is 40.3 Å². The fraction of sp³-hybridized carbons (Fsp3) is 0.364. The molecule has 0 aliphatic heterocycles. The molecule has 3 heterocycles. The third-order valence-electron chi connectivity index (χ3n) is 6.05. The third-order valence-corrected chi connectivity index (χ3v) is 6.05. The van der Waals surface area contributed by atoms with E-state index in [2.05, 4.69) is 4.98 Å². The number of imidazole rings is 2. The molecule has 1 atom stereocenters. The maximum atomic E-state index is 13.3. The average Bonchev–Trinajstić information content (AvgIpc) is 3.24. The second kappa shape index (κ2) is 7.26. The lowest BCUT2D eigenvalue weighted by Crippen LogP contribution is -2.42. The number of carbonyl (C=O) groups is 1. The molecule has 0 spiro atoms. The molecular weight excluding hydrogens is 398 g/mol. The summed E-state index contributed by atoms with van der Waals surface area (Å²) in [5, 5.41) is 0. The zero-order valence-corrected chi connectivity index (χ0v) is 18.5. The van der Waals surface area contributed by atoms with Crippen LogP contribution in [0.3, 0.4) is 0 Å². The second-order valence-electron chi connectivity index (χ2n) is 7.83. The number of aromatic nitrogens is 5. The van der Waals surface area contributed by atoms with Gasteiger partial charge in [0.1, 0.15) is 5.75 Å². The number of nitrogens with zero attached hydrogens (tertiary/aromatic N) is 5. The van der Waals surface area contributed by atoms with Crippen molar-refractivity contribution < 1.29 is 9.53 Å². The van der Waals surface area contributed by atoms with Gasteiger partial charge in [0.2, 0.25) is 5.78 Å². The highest BCUT2D eigenvalue weighted by Crippen LogP contribution is 2.23. The van der Waals surface area contributed by atoms with Crippen molar-refractivity contribution in [3.8, 4) is 5.75 Å². The molecule has 4 aromatic rings. The first-order valence-corrected chi connectivity index (χ1v) is 10.00. The summed E-state index contributed by atoms with van der Waals surface area (Å²) in [6, 6.07) is 6.88. The number of hydrogen-bond donors (Lipinski definition) is 0. The van der Waals surface area contributed by atoms with Gasteiger partial charge in [-0.15, -0.1) is 0 Å². The van der Waals surface area contributed by atoms with E-state index in [1.165, 1.54) is 11.5 Å². The Morgan fingerprint density at radius 3 is 2.35 bits per heavy atom. The highest BCUT2D eigenvalue weighted by molar-refractivity contribution is 5.81. The number of carbonyl (C=O) groups excluding carboxylic acids is 1. The second-order valence-corrected chi connectivity index (χ2v) is 7.83. The molecule has 0 radical (unpaired) electrons. The van der Waals surface area contributed by atoms with Crippen LogP contribution in [0, 0.1) is 13.8 Å². The van der Waals surface area contributed by atoms with E-state index in [1.54, 1.807) is 25.5 Å². The Labute approximate surface area is 178 Å². The van der Waals surface area contributed by atoms with E-state index in [9.17, 15) is 14.4 Å². The third kappa shape index (κ3) is 2.99. The Balaban J connectivity index is 2.01. The van der Waals surface area contributed by atoms with Gasteiger partial charge in [0, 0.05) is 18.4 Å². The average molecular weight is 423 g/mol. The number of Topliss-reactive ketones (excluding diaryl/α,β-unsaturated/α-hetero) is 1. The molecular formula is C22H25N5O4. The van der Waals surface area contributed by atoms with Crippen molar-refractivity contribution >= 4 is 22.7 Å². The van der Waals surface area contributed by atoms with Crippen molar-refractivity contribution in [3.63, 3.8) is 0 Å². The van der Waals surface area contributed by atoms with Gasteiger partial charge in [-0.2, -0.15) is 4.98 Å². The van der Waals surface area contributed by atoms with E-state index in [0.29, 0.717) is 23.5 Å². The number of ketones is 1. The maximum absolute atomic E-state index is 13.3. The molecule has 0 N–H and O–H groups in total. The fourth-order valence-electron chi connectivity index (χ4n) is 3.91. The van der Waals surface area contributed by atoms with Crippen LogP contribution >= 0.6 is 0 Å². The summed E-state index contributed by atoms with van der Waals surface area (Å²) in [5.41, 5.74) is 2.37. The van der Waals surface area contributed by atoms with E-state index in [-0.39, 0.29) is 5.78 Å². The van der Waals surface area contributed by atoms with Crippen LogP contribution in [0.5, 0.6) is 5.75 Å². The van der Waals surface area contributed by atoms with E-state index in [4.69, 9.17) is 4.74 Å². The number of methoxy groups -OCH3 is 1. The molecule has 0 aliphatic rings. The van der Waals surface area contributed by atoms with Crippen molar-refractivity contribution in [2.24, 2.45) is 7.05 Å². The molecule has 0 saturated carbocycles. The van der Waals surface area contributed by atoms with Crippen LogP contribution in [0.2, 0.25) is 0 Å². The van der Waals surface area contributed by atoms with Gasteiger partial charge in [-0.3, -0.25) is 18.6 Å². The van der Waals surface area contributed by atoms with Crippen LogP contribution in [0.25, 0.3) is 16.9 Å². The number of ether oxygens (including phenoxy) is 1. The van der Waals surface area contributed by atoms with Crippen molar-refractivity contribution in [1.82, 2.24) is 23.1 Å². The number of aryl methyl sites for hydroxylation is 2. The predicted molar refractivity (Wildman–Crippen MR) is 117 cm³/mol. The van der Waals surface area contributed by atoms with Crippen LogP contribution in [0.4, 0.5) is 0 Å². The molecule has 9 nitrogen and oxygen atoms in total. The van der Waals surface area contributed by atoms with Crippen molar-refractivity contribution in [3.05, 3.63) is 62.1 Å². The SMILES string of the molecule is COc1ccc(Cn2c(C)c(C)n3c4c(=O)n([C@H](C)C(C)=O)c(=O)n(C)c4nc23)cc1. The van der Waals surface area contributed by atoms with E-state index in [1.807, 2.05) is 42.7 Å². The monoisotopic (exact) mass is 423 g/mol. The summed E-state index contributed by atoms with van der Waals surface area (Å²) < 4.78 is 11.4. The van der Waals surface area contributed by atoms with Crippen LogP contribution in [0.1, 0.15) is 36.8 Å². The molecule has 0 bridgehead atoms. The Morgan fingerprint density at radius 2 is 1.77 bits per heavy atom. The summed E-state index contributed by atoms with van der Waals surface area (Å²) in [4.78, 5) is 42.8. The Bertz CT molecular complexity index is 1450. The van der Waals surface area contributed by atoms with Gasteiger partial charge in [0.15, 0.2) is 16.9 Å². The lowest BCUT2D eigenvalue weighted by Gasteiger charge is -2.12. The number of benzene rings is 1. The van der Waals surface area contributed by atoms with Crippen LogP contribution < -0.4 is 16.0 Å². The van der Waals surface area contributed by atoms with E-state index >= 15 is 0 Å². The predicted octanol–water partition coefficient (Wildman–Crippen LogP) is 1.97. The minimum Gasteiger partial charge on any atom is -0.497 e. The molecule has 0 aliphatic carbocycles. The molecule has 4 rings (SSSR count). The minimum atomic E-state index is -0.857. The van der Waals surface area contributed by atoms with Gasteiger partial charge in [-0.25, -0.2) is 9.36 Å². The zero-order chi connectivity index (χ0) is 22.6. The molecule has 0 saturated heterocycles. The van der Waals surface area contributed by atoms with Crippen LogP contribution in [0.15, 0.2) is 33.9 Å². The van der Waals surface area contributed by atoms with Crippen LogP contribution in [-0.2, 0) is 18.4 Å². The molecule has 1 aromatic carbocycles. The van der Waals surface area contributed by atoms with E-state index in [0.717, 1.165) is 27.3 Å². The minimum absolute atomic E-state index is 0.260. The molecule has 3 aromatic heterocycles. The highest BCUT2D eigenvalue weighted by atomic mass is 16.5. The van der Waals surface area contributed by atoms with E-state index < -0.39 is 17.3 Å². The first-order chi connectivity index (χ1) is 14.7. The van der Waals surface area contributed by atoms with Gasteiger partial charge in [0.05, 0.1) is 19.7 Å². The number of hydrogen-bond acceptors (Lipinski definition) is 5. The number of rotatable bonds is 5. The van der Waals surface area contributed by atoms with Gasteiger partial charge < -0.3 is 9.30 Å². The Hall–Kier alpha value is -3.62. The topological polar surface area (TPSA) is 92.5 Å². The summed E-state index contributed by atoms with van der Waals surface area (Å²) in [6.45, 7) is 7.35. The smallest absolute Gasteiger partial charge is 0.333 e. The molecule has 9 heteroatoms. The summed E-state index contributed by atoms with van der Waals surface area (Å²) in [5.74, 6) is 1.08. The van der Waals surface area contributed by atoms with Crippen LogP contribution in [-0.4, -0.2) is 36.0 Å². The standard InChI is InChI=1S/C22H25N5O4/c1-12-13(2)26-18-19(24(5)22(30)27(20(18)29)14(3)15(4)28)23-21(26)25(12)11-16-7-9-17(31-6)10-8-16/h7-10,14H,11H2,1-6H3/t14-/m1/s1. The number of fused-ring (bicyclic) bond motifs is 3. The molecule has 0 amide bonds. The van der Waals surface area contributed by atoms with Gasteiger partial charge >= 0.3 is 5.69 Å².